The van der Waals surface area contributed by atoms with Crippen LogP contribution in [0.25, 0.3) is 0 Å². The fourth-order valence-corrected chi connectivity index (χ4v) is 5.85. The molecule has 2 fully saturated rings. The first-order valence-electron chi connectivity index (χ1n) is 12.6. The van der Waals surface area contributed by atoms with Crippen molar-refractivity contribution >= 4 is 0 Å². The number of benzene rings is 1. The summed E-state index contributed by atoms with van der Waals surface area (Å²) in [6.45, 7) is 5.22. The van der Waals surface area contributed by atoms with E-state index in [1.165, 1.54) is 89.0 Å². The van der Waals surface area contributed by atoms with Crippen molar-refractivity contribution in [2.75, 3.05) is 6.61 Å². The molecule has 0 atom stereocenters. The minimum atomic E-state index is -0.168. The van der Waals surface area contributed by atoms with Gasteiger partial charge in [-0.2, -0.15) is 0 Å². The van der Waals surface area contributed by atoms with Crippen LogP contribution in [0.4, 0.5) is 4.39 Å². The SMILES string of the molecule is CCCC1CCC(CCCOc2ccc(C3CCC(CCC)CC3)cc2F)CC1. The van der Waals surface area contributed by atoms with Crippen LogP contribution in [-0.4, -0.2) is 6.61 Å². The van der Waals surface area contributed by atoms with Crippen molar-refractivity contribution in [2.24, 2.45) is 17.8 Å². The van der Waals surface area contributed by atoms with Crippen LogP contribution in [0, 0.1) is 23.6 Å². The lowest BCUT2D eigenvalue weighted by atomic mass is 9.77. The van der Waals surface area contributed by atoms with Gasteiger partial charge in [0.15, 0.2) is 11.6 Å². The summed E-state index contributed by atoms with van der Waals surface area (Å²) in [5.41, 5.74) is 1.17. The molecule has 0 aromatic heterocycles. The minimum Gasteiger partial charge on any atom is -0.491 e. The fourth-order valence-electron chi connectivity index (χ4n) is 5.85. The Bertz CT molecular complexity index is 582. The maximum absolute atomic E-state index is 14.6. The second kappa shape index (κ2) is 12.0. The summed E-state index contributed by atoms with van der Waals surface area (Å²) in [6.07, 6.45) is 18.3. The average molecular weight is 403 g/mol. The molecule has 0 aliphatic heterocycles. The lowest BCUT2D eigenvalue weighted by Gasteiger charge is -2.29. The van der Waals surface area contributed by atoms with E-state index in [2.05, 4.69) is 19.9 Å². The van der Waals surface area contributed by atoms with Crippen molar-refractivity contribution in [1.82, 2.24) is 0 Å². The Hall–Kier alpha value is -1.05. The first kappa shape index (κ1) is 22.6. The zero-order chi connectivity index (χ0) is 20.5. The van der Waals surface area contributed by atoms with Gasteiger partial charge in [0.1, 0.15) is 0 Å². The highest BCUT2D eigenvalue weighted by atomic mass is 19.1. The molecule has 0 spiro atoms. The van der Waals surface area contributed by atoms with E-state index in [0.717, 1.165) is 24.2 Å². The average Bonchev–Trinajstić information content (AvgIpc) is 2.74. The third-order valence-corrected chi connectivity index (χ3v) is 7.65. The first-order valence-corrected chi connectivity index (χ1v) is 12.6. The van der Waals surface area contributed by atoms with Crippen LogP contribution < -0.4 is 4.74 Å². The second-order valence-electron chi connectivity index (χ2n) is 9.86. The van der Waals surface area contributed by atoms with Gasteiger partial charge in [0.05, 0.1) is 6.61 Å². The minimum absolute atomic E-state index is 0.168. The molecule has 2 aliphatic carbocycles. The molecule has 2 saturated carbocycles. The highest BCUT2D eigenvalue weighted by molar-refractivity contribution is 5.31. The zero-order valence-electron chi connectivity index (χ0n) is 18.9. The molecular formula is C27H43FO. The van der Waals surface area contributed by atoms with E-state index >= 15 is 0 Å². The van der Waals surface area contributed by atoms with E-state index in [4.69, 9.17) is 4.74 Å². The lowest BCUT2D eigenvalue weighted by Crippen LogP contribution is -2.15. The summed E-state index contributed by atoms with van der Waals surface area (Å²) < 4.78 is 20.4. The maximum atomic E-state index is 14.6. The predicted octanol–water partition coefficient (Wildman–Crippen LogP) is 8.67. The third-order valence-electron chi connectivity index (χ3n) is 7.65. The molecule has 3 rings (SSSR count). The Kier molecular flexibility index (Phi) is 9.34. The summed E-state index contributed by atoms with van der Waals surface area (Å²) in [5.74, 6) is 3.54. The molecule has 29 heavy (non-hydrogen) atoms. The summed E-state index contributed by atoms with van der Waals surface area (Å²) >= 11 is 0. The molecule has 0 N–H and O–H groups in total. The molecule has 2 aliphatic rings. The molecule has 1 aromatic rings. The Labute approximate surface area is 178 Å². The molecule has 0 unspecified atom stereocenters. The van der Waals surface area contributed by atoms with E-state index < -0.39 is 0 Å². The van der Waals surface area contributed by atoms with Gasteiger partial charge >= 0.3 is 0 Å². The molecular weight excluding hydrogens is 359 g/mol. The highest BCUT2D eigenvalue weighted by Gasteiger charge is 2.23. The van der Waals surface area contributed by atoms with E-state index in [1.807, 2.05) is 6.07 Å². The van der Waals surface area contributed by atoms with Gasteiger partial charge in [-0.05, 0) is 79.9 Å². The van der Waals surface area contributed by atoms with Crippen molar-refractivity contribution in [2.45, 2.75) is 110 Å². The molecule has 0 bridgehead atoms. The number of rotatable bonds is 10. The van der Waals surface area contributed by atoms with Gasteiger partial charge in [-0.15, -0.1) is 0 Å². The van der Waals surface area contributed by atoms with Crippen molar-refractivity contribution in [3.8, 4) is 5.75 Å². The van der Waals surface area contributed by atoms with Gasteiger partial charge in [-0.1, -0.05) is 71.3 Å². The van der Waals surface area contributed by atoms with Crippen molar-refractivity contribution in [3.05, 3.63) is 29.6 Å². The molecule has 1 aromatic carbocycles. The maximum Gasteiger partial charge on any atom is 0.165 e. The number of hydrogen-bond acceptors (Lipinski definition) is 1. The fraction of sp³-hybridized carbons (Fsp3) is 0.778. The molecule has 2 heteroatoms. The summed E-state index contributed by atoms with van der Waals surface area (Å²) in [5, 5.41) is 0. The van der Waals surface area contributed by atoms with Gasteiger partial charge in [0, 0.05) is 0 Å². The van der Waals surface area contributed by atoms with Gasteiger partial charge < -0.3 is 4.74 Å². The van der Waals surface area contributed by atoms with Crippen LogP contribution in [0.15, 0.2) is 18.2 Å². The van der Waals surface area contributed by atoms with E-state index in [-0.39, 0.29) is 5.82 Å². The molecule has 1 nitrogen and oxygen atoms in total. The number of ether oxygens (including phenoxy) is 1. The number of halogens is 1. The predicted molar refractivity (Wildman–Crippen MR) is 121 cm³/mol. The number of hydrogen-bond donors (Lipinski definition) is 0. The third kappa shape index (κ3) is 7.00. The normalized spacial score (nSPS) is 27.7. The Morgan fingerprint density at radius 3 is 1.90 bits per heavy atom. The standard InChI is InChI=1S/C27H43FO/c1-3-6-21-9-11-23(12-10-21)8-5-19-29-27-18-17-25(20-26(27)28)24-15-13-22(7-4-2)14-16-24/h17-18,20-24H,3-16,19H2,1-2H3. The smallest absolute Gasteiger partial charge is 0.165 e. The summed E-state index contributed by atoms with van der Waals surface area (Å²) in [7, 11) is 0. The molecule has 0 saturated heterocycles. The van der Waals surface area contributed by atoms with Crippen molar-refractivity contribution in [1.29, 1.82) is 0 Å². The van der Waals surface area contributed by atoms with Crippen molar-refractivity contribution < 1.29 is 9.13 Å². The molecule has 0 amide bonds. The van der Waals surface area contributed by atoms with Crippen molar-refractivity contribution in [3.63, 3.8) is 0 Å². The monoisotopic (exact) mass is 402 g/mol. The van der Waals surface area contributed by atoms with Gasteiger partial charge in [0.2, 0.25) is 0 Å². The van der Waals surface area contributed by atoms with E-state index in [0.29, 0.717) is 18.3 Å². The van der Waals surface area contributed by atoms with E-state index in [9.17, 15) is 4.39 Å². The largest absolute Gasteiger partial charge is 0.491 e. The van der Waals surface area contributed by atoms with Crippen LogP contribution in [0.3, 0.4) is 0 Å². The lowest BCUT2D eigenvalue weighted by molar-refractivity contribution is 0.227. The van der Waals surface area contributed by atoms with E-state index in [1.54, 1.807) is 6.07 Å². The topological polar surface area (TPSA) is 9.23 Å². The molecule has 164 valence electrons. The second-order valence-corrected chi connectivity index (χ2v) is 9.86. The zero-order valence-corrected chi connectivity index (χ0v) is 18.9. The summed E-state index contributed by atoms with van der Waals surface area (Å²) in [4.78, 5) is 0. The molecule has 0 radical (unpaired) electrons. The van der Waals surface area contributed by atoms with Crippen LogP contribution in [0.2, 0.25) is 0 Å². The van der Waals surface area contributed by atoms with Crippen LogP contribution >= 0.6 is 0 Å². The quantitative estimate of drug-likeness (QED) is 0.356. The van der Waals surface area contributed by atoms with Gasteiger partial charge in [-0.3, -0.25) is 0 Å². The Balaban J connectivity index is 1.37. The van der Waals surface area contributed by atoms with Crippen LogP contribution in [0.5, 0.6) is 5.75 Å². The first-order chi connectivity index (χ1) is 14.2. The highest BCUT2D eigenvalue weighted by Crippen LogP contribution is 2.38. The summed E-state index contributed by atoms with van der Waals surface area (Å²) in [6, 6.07) is 5.73. The molecule has 0 heterocycles. The Morgan fingerprint density at radius 2 is 1.34 bits per heavy atom. The van der Waals surface area contributed by atoms with Gasteiger partial charge in [-0.25, -0.2) is 4.39 Å². The van der Waals surface area contributed by atoms with Crippen LogP contribution in [0.1, 0.15) is 115 Å². The van der Waals surface area contributed by atoms with Crippen LogP contribution in [-0.2, 0) is 0 Å². The van der Waals surface area contributed by atoms with Gasteiger partial charge in [0.25, 0.3) is 0 Å². The Morgan fingerprint density at radius 1 is 0.793 bits per heavy atom.